The van der Waals surface area contributed by atoms with Crippen LogP contribution in [0.3, 0.4) is 0 Å². The van der Waals surface area contributed by atoms with Crippen molar-refractivity contribution in [2.75, 3.05) is 5.73 Å². The number of nitrogens with two attached hydrogens (primary N) is 1. The second-order valence-corrected chi connectivity index (χ2v) is 7.55. The van der Waals surface area contributed by atoms with Gasteiger partial charge < -0.3 is 26.2 Å². The number of fused-ring (bicyclic) bond motifs is 1. The first-order chi connectivity index (χ1) is 15.2. The van der Waals surface area contributed by atoms with E-state index in [2.05, 4.69) is 32.1 Å². The Labute approximate surface area is 184 Å². The van der Waals surface area contributed by atoms with Crippen LogP contribution in [0.4, 0.5) is 5.95 Å². The molecule has 1 amide bonds. The second-order valence-electron chi connectivity index (χ2n) is 6.81. The van der Waals surface area contributed by atoms with Crippen molar-refractivity contribution >= 4 is 46.2 Å². The van der Waals surface area contributed by atoms with Gasteiger partial charge in [-0.15, -0.1) is 0 Å². The van der Waals surface area contributed by atoms with Gasteiger partial charge in [0.1, 0.15) is 11.7 Å². The third-order valence-corrected chi connectivity index (χ3v) is 5.21. The zero-order valence-corrected chi connectivity index (χ0v) is 17.4. The number of amides is 1. The van der Waals surface area contributed by atoms with Crippen LogP contribution in [0.1, 0.15) is 40.9 Å². The van der Waals surface area contributed by atoms with Gasteiger partial charge >= 0.3 is 11.9 Å². The Kier molecular flexibility index (Phi) is 6.91. The van der Waals surface area contributed by atoms with E-state index in [4.69, 9.17) is 10.8 Å². The van der Waals surface area contributed by atoms with E-state index < -0.39 is 23.9 Å². The molecule has 0 fully saturated rings. The van der Waals surface area contributed by atoms with Crippen molar-refractivity contribution in [1.29, 1.82) is 0 Å². The molecule has 0 saturated carbocycles. The van der Waals surface area contributed by atoms with Crippen molar-refractivity contribution in [1.82, 2.24) is 20.3 Å². The fourth-order valence-corrected chi connectivity index (χ4v) is 3.67. The molecule has 3 aromatic heterocycles. The molecule has 0 spiro atoms. The molecule has 12 heteroatoms. The minimum absolute atomic E-state index is 0.0204. The van der Waals surface area contributed by atoms with Gasteiger partial charge in [-0.25, -0.2) is 4.79 Å². The molecular weight excluding hydrogens is 438 g/mol. The van der Waals surface area contributed by atoms with Crippen molar-refractivity contribution in [2.45, 2.75) is 31.7 Å². The van der Waals surface area contributed by atoms with Crippen LogP contribution in [0.5, 0.6) is 0 Å². The predicted octanol–water partition coefficient (Wildman–Crippen LogP) is 0.927. The molecule has 0 bridgehead atoms. The molecule has 3 heterocycles. The Morgan fingerprint density at radius 1 is 1.25 bits per heavy atom. The summed E-state index contributed by atoms with van der Waals surface area (Å²) in [5, 5.41) is 23.9. The largest absolute Gasteiger partial charge is 0.481 e. The lowest BCUT2D eigenvalue weighted by molar-refractivity contribution is -0.140. The summed E-state index contributed by atoms with van der Waals surface area (Å²) in [7, 11) is 0. The topological polar surface area (TPSA) is 191 Å². The molecule has 166 valence electrons. The van der Waals surface area contributed by atoms with Crippen molar-refractivity contribution in [2.24, 2.45) is 0 Å². The number of H-pyrrole nitrogens is 2. The number of aliphatic carboxylic acids is 2. The first-order valence-corrected chi connectivity index (χ1v) is 10.4. The summed E-state index contributed by atoms with van der Waals surface area (Å²) >= 11 is 1.24. The van der Waals surface area contributed by atoms with Gasteiger partial charge in [0.15, 0.2) is 0 Å². The van der Waals surface area contributed by atoms with E-state index in [0.717, 1.165) is 5.69 Å². The molecule has 0 radical (unpaired) electrons. The van der Waals surface area contributed by atoms with Gasteiger partial charge in [0, 0.05) is 34.9 Å². The highest BCUT2D eigenvalue weighted by Gasteiger charge is 2.23. The smallest absolute Gasteiger partial charge is 0.326 e. The average Bonchev–Trinajstić information content (AvgIpc) is 3.34. The van der Waals surface area contributed by atoms with E-state index in [1.807, 2.05) is 0 Å². The molecule has 32 heavy (non-hydrogen) atoms. The fraction of sp³-hybridized carbons (Fsp3) is 0.250. The van der Waals surface area contributed by atoms with Crippen LogP contribution in [0, 0.1) is 11.8 Å². The molecule has 0 aromatic carbocycles. The number of rotatable bonds is 8. The summed E-state index contributed by atoms with van der Waals surface area (Å²) in [6, 6.07) is 0.363. The highest BCUT2D eigenvalue weighted by molar-refractivity contribution is 7.08. The number of hydrogen-bond donors (Lipinski definition) is 6. The SMILES string of the molecule is Nc1nc2[nH]c(CCC#Cc3cscc3C(=O)NC(CCC(=O)O)C(=O)O)cc2c(=O)[nH]1. The maximum atomic E-state index is 12.5. The highest BCUT2D eigenvalue weighted by atomic mass is 32.1. The lowest BCUT2D eigenvalue weighted by Crippen LogP contribution is -2.41. The minimum atomic E-state index is -1.31. The third-order valence-electron chi connectivity index (χ3n) is 4.47. The van der Waals surface area contributed by atoms with Crippen molar-refractivity contribution in [3.8, 4) is 11.8 Å². The Morgan fingerprint density at radius 3 is 2.75 bits per heavy atom. The van der Waals surface area contributed by atoms with E-state index in [-0.39, 0.29) is 29.9 Å². The average molecular weight is 457 g/mol. The number of thiophene rings is 1. The van der Waals surface area contributed by atoms with E-state index in [0.29, 0.717) is 29.4 Å². The normalized spacial score (nSPS) is 11.5. The molecule has 0 saturated heterocycles. The molecule has 0 aliphatic heterocycles. The number of aryl methyl sites for hydroxylation is 1. The lowest BCUT2D eigenvalue weighted by Gasteiger charge is -2.13. The summed E-state index contributed by atoms with van der Waals surface area (Å²) < 4.78 is 0. The van der Waals surface area contributed by atoms with E-state index >= 15 is 0 Å². The zero-order valence-electron chi connectivity index (χ0n) is 16.6. The summed E-state index contributed by atoms with van der Waals surface area (Å²) in [4.78, 5) is 55.8. The van der Waals surface area contributed by atoms with Gasteiger partial charge in [-0.3, -0.25) is 19.4 Å². The number of carboxylic acid groups (broad SMARTS) is 2. The number of aromatic amines is 2. The summed E-state index contributed by atoms with van der Waals surface area (Å²) in [6.45, 7) is 0. The van der Waals surface area contributed by atoms with E-state index in [1.54, 1.807) is 16.8 Å². The number of carbonyl (C=O) groups is 3. The van der Waals surface area contributed by atoms with Crippen molar-refractivity contribution in [3.63, 3.8) is 0 Å². The van der Waals surface area contributed by atoms with Crippen LogP contribution in [0.15, 0.2) is 21.6 Å². The van der Waals surface area contributed by atoms with Crippen LogP contribution >= 0.6 is 11.3 Å². The van der Waals surface area contributed by atoms with Gasteiger partial charge in [0.25, 0.3) is 11.5 Å². The first kappa shape index (κ1) is 22.6. The number of nitrogens with one attached hydrogen (secondary N) is 3. The van der Waals surface area contributed by atoms with Crippen molar-refractivity contribution in [3.05, 3.63) is 44.0 Å². The van der Waals surface area contributed by atoms with Gasteiger partial charge in [-0.2, -0.15) is 16.3 Å². The van der Waals surface area contributed by atoms with Gasteiger partial charge in [0.2, 0.25) is 5.95 Å². The van der Waals surface area contributed by atoms with Crippen LogP contribution in [0.25, 0.3) is 11.0 Å². The molecule has 7 N–H and O–H groups in total. The summed E-state index contributed by atoms with van der Waals surface area (Å²) in [6.07, 6.45) is 0.322. The van der Waals surface area contributed by atoms with Crippen molar-refractivity contribution < 1.29 is 24.6 Å². The molecule has 0 aliphatic rings. The molecule has 1 unspecified atom stereocenters. The van der Waals surface area contributed by atoms with Crippen LogP contribution in [-0.4, -0.2) is 49.1 Å². The minimum Gasteiger partial charge on any atom is -0.481 e. The number of aromatic nitrogens is 3. The standard InChI is InChI=1S/C20H19N5O6S/c21-20-24-16-12(17(28)25-20)7-11(22-16)4-2-1-3-10-8-32-9-13(10)18(29)23-14(19(30)31)5-6-15(26)27/h7-9,14H,2,4-6H2,(H,23,29)(H,26,27)(H,30,31)(H4,21,22,24,25,28). The number of hydrogen-bond acceptors (Lipinski definition) is 7. The number of carbonyl (C=O) groups excluding carboxylic acids is 1. The maximum absolute atomic E-state index is 12.5. The summed E-state index contributed by atoms with van der Waals surface area (Å²) in [5.41, 5.74) is 7.00. The molecule has 0 aliphatic carbocycles. The van der Waals surface area contributed by atoms with Gasteiger partial charge in [-0.05, 0) is 18.9 Å². The second kappa shape index (κ2) is 9.80. The maximum Gasteiger partial charge on any atom is 0.326 e. The highest BCUT2D eigenvalue weighted by Crippen LogP contribution is 2.15. The zero-order chi connectivity index (χ0) is 23.3. The monoisotopic (exact) mass is 457 g/mol. The van der Waals surface area contributed by atoms with Gasteiger partial charge in [0.05, 0.1) is 10.9 Å². The fourth-order valence-electron chi connectivity index (χ4n) is 2.91. The Morgan fingerprint density at radius 2 is 2.03 bits per heavy atom. The molecule has 3 aromatic rings. The third kappa shape index (κ3) is 5.52. The van der Waals surface area contributed by atoms with Gasteiger partial charge in [-0.1, -0.05) is 11.8 Å². The molecule has 11 nitrogen and oxygen atoms in total. The first-order valence-electron chi connectivity index (χ1n) is 9.42. The lowest BCUT2D eigenvalue weighted by atomic mass is 10.1. The molecule has 3 rings (SSSR count). The predicted molar refractivity (Wildman–Crippen MR) is 116 cm³/mol. The number of anilines is 1. The Bertz CT molecular complexity index is 1300. The van der Waals surface area contributed by atoms with Crippen LogP contribution in [-0.2, 0) is 16.0 Å². The Balaban J connectivity index is 1.64. The summed E-state index contributed by atoms with van der Waals surface area (Å²) in [5.74, 6) is 2.77. The molecule has 1 atom stereocenters. The quantitative estimate of drug-likeness (QED) is 0.269. The van der Waals surface area contributed by atoms with Crippen LogP contribution < -0.4 is 16.6 Å². The number of nitrogen functional groups attached to an aromatic ring is 1. The number of nitrogens with zero attached hydrogens (tertiary/aromatic N) is 1. The molecular formula is C20H19N5O6S. The van der Waals surface area contributed by atoms with E-state index in [1.165, 1.54) is 11.3 Å². The van der Waals surface area contributed by atoms with E-state index in [9.17, 15) is 24.3 Å². The van der Waals surface area contributed by atoms with Crippen LogP contribution in [0.2, 0.25) is 0 Å². The Hall–Kier alpha value is -4.11. The number of carboxylic acids is 2.